The number of hydrogen-bond donors (Lipinski definition) is 1. The molecule has 1 aromatic carbocycles. The maximum absolute atomic E-state index is 5.90. The highest BCUT2D eigenvalue weighted by Crippen LogP contribution is 2.46. The highest BCUT2D eigenvalue weighted by Gasteiger charge is 2.43. The van der Waals surface area contributed by atoms with Crippen molar-refractivity contribution in [3.8, 4) is 11.5 Å². The number of rotatable bonds is 4. The Bertz CT molecular complexity index is 1200. The van der Waals surface area contributed by atoms with Crippen molar-refractivity contribution in [2.24, 2.45) is 0 Å². The van der Waals surface area contributed by atoms with Crippen molar-refractivity contribution in [3.63, 3.8) is 0 Å². The van der Waals surface area contributed by atoms with Crippen LogP contribution in [0.2, 0.25) is 0 Å². The van der Waals surface area contributed by atoms with E-state index in [4.69, 9.17) is 26.7 Å². The highest BCUT2D eigenvalue weighted by atomic mass is 32.1. The van der Waals surface area contributed by atoms with E-state index in [-0.39, 0.29) is 18.9 Å². The lowest BCUT2D eigenvalue weighted by Crippen LogP contribution is -2.29. The summed E-state index contributed by atoms with van der Waals surface area (Å²) in [4.78, 5) is 6.91. The van der Waals surface area contributed by atoms with E-state index >= 15 is 0 Å². The van der Waals surface area contributed by atoms with Gasteiger partial charge < -0.3 is 24.3 Å². The summed E-state index contributed by atoms with van der Waals surface area (Å²) in [5, 5.41) is 4.27. The number of nitrogens with zero attached hydrogens (tertiary/aromatic N) is 3. The molecular formula is C26H28N4O2S. The summed E-state index contributed by atoms with van der Waals surface area (Å²) in [6.07, 6.45) is 6.99. The average Bonchev–Trinajstić information content (AvgIpc) is 3.60. The zero-order valence-electron chi connectivity index (χ0n) is 19.0. The maximum atomic E-state index is 5.90. The van der Waals surface area contributed by atoms with Gasteiger partial charge in [0.25, 0.3) is 0 Å². The fourth-order valence-electron chi connectivity index (χ4n) is 5.81. The lowest BCUT2D eigenvalue weighted by molar-refractivity contribution is 0.174. The summed E-state index contributed by atoms with van der Waals surface area (Å²) in [5.41, 5.74) is 5.91. The molecule has 1 N–H and O–H groups in total. The van der Waals surface area contributed by atoms with Crippen molar-refractivity contribution < 1.29 is 9.47 Å². The minimum atomic E-state index is -0.0540. The Kier molecular flexibility index (Phi) is 5.02. The largest absolute Gasteiger partial charge is 0.454 e. The van der Waals surface area contributed by atoms with E-state index in [1.54, 1.807) is 0 Å². The Hall–Kier alpha value is -3.06. The molecule has 2 aromatic heterocycles. The number of anilines is 1. The van der Waals surface area contributed by atoms with Gasteiger partial charge in [0.2, 0.25) is 6.79 Å². The van der Waals surface area contributed by atoms with Crippen molar-refractivity contribution in [1.29, 1.82) is 0 Å². The molecule has 0 radical (unpaired) electrons. The summed E-state index contributed by atoms with van der Waals surface area (Å²) in [7, 11) is 0. The van der Waals surface area contributed by atoms with Crippen LogP contribution in [0.3, 0.4) is 0 Å². The van der Waals surface area contributed by atoms with Gasteiger partial charge in [-0.1, -0.05) is 18.9 Å². The summed E-state index contributed by atoms with van der Waals surface area (Å²) >= 11 is 5.90. The summed E-state index contributed by atoms with van der Waals surface area (Å²) in [6, 6.07) is 15.0. The molecule has 0 spiro atoms. The molecule has 6 nitrogen and oxygen atoms in total. The van der Waals surface area contributed by atoms with Crippen LogP contribution < -0.4 is 19.7 Å². The first kappa shape index (κ1) is 20.5. The van der Waals surface area contributed by atoms with Gasteiger partial charge in [0.1, 0.15) is 0 Å². The number of aryl methyl sites for hydroxylation is 1. The van der Waals surface area contributed by atoms with Gasteiger partial charge in [0.05, 0.1) is 17.8 Å². The Morgan fingerprint density at radius 1 is 1.03 bits per heavy atom. The highest BCUT2D eigenvalue weighted by molar-refractivity contribution is 7.80. The lowest BCUT2D eigenvalue weighted by atomic mass is 9.96. The number of thiocarbonyl (C=S) groups is 1. The predicted molar refractivity (Wildman–Crippen MR) is 132 cm³/mol. The second-order valence-corrected chi connectivity index (χ2v) is 9.56. The molecule has 3 aromatic rings. The van der Waals surface area contributed by atoms with Crippen LogP contribution in [0.1, 0.15) is 66.5 Å². The van der Waals surface area contributed by atoms with Crippen LogP contribution in [0.15, 0.2) is 48.7 Å². The molecule has 4 heterocycles. The molecular weight excluding hydrogens is 432 g/mol. The number of aromatic nitrogens is 2. The number of pyridine rings is 1. The molecule has 3 aliphatic rings. The molecule has 2 aliphatic heterocycles. The minimum absolute atomic E-state index is 0.0193. The van der Waals surface area contributed by atoms with Gasteiger partial charge in [-0.3, -0.25) is 4.98 Å². The normalized spacial score (nSPS) is 22.2. The predicted octanol–water partition coefficient (Wildman–Crippen LogP) is 5.52. The monoisotopic (exact) mass is 460 g/mol. The molecule has 0 bridgehead atoms. The Labute approximate surface area is 199 Å². The van der Waals surface area contributed by atoms with Crippen molar-refractivity contribution in [3.05, 3.63) is 71.3 Å². The summed E-state index contributed by atoms with van der Waals surface area (Å²) < 4.78 is 13.8. The molecule has 2 fully saturated rings. The second-order valence-electron chi connectivity index (χ2n) is 9.17. The first-order chi connectivity index (χ1) is 16.1. The van der Waals surface area contributed by atoms with Crippen LogP contribution in [-0.4, -0.2) is 21.5 Å². The second kappa shape index (κ2) is 8.06. The van der Waals surface area contributed by atoms with Gasteiger partial charge in [0.15, 0.2) is 16.6 Å². The van der Waals surface area contributed by atoms with Crippen LogP contribution in [0.4, 0.5) is 5.69 Å². The summed E-state index contributed by atoms with van der Waals surface area (Å²) in [5.74, 6) is 1.53. The molecule has 33 heavy (non-hydrogen) atoms. The zero-order valence-corrected chi connectivity index (χ0v) is 19.8. The first-order valence-electron chi connectivity index (χ1n) is 11.7. The third-order valence-electron chi connectivity index (χ3n) is 7.26. The Balaban J connectivity index is 1.48. The van der Waals surface area contributed by atoms with Gasteiger partial charge >= 0.3 is 0 Å². The fourth-order valence-corrected chi connectivity index (χ4v) is 6.16. The van der Waals surface area contributed by atoms with Crippen molar-refractivity contribution in [1.82, 2.24) is 14.9 Å². The van der Waals surface area contributed by atoms with Gasteiger partial charge in [-0.25, -0.2) is 0 Å². The zero-order chi connectivity index (χ0) is 22.5. The van der Waals surface area contributed by atoms with Crippen molar-refractivity contribution >= 4 is 23.0 Å². The average molecular weight is 461 g/mol. The van der Waals surface area contributed by atoms with Crippen LogP contribution in [0, 0.1) is 13.8 Å². The number of benzene rings is 1. The number of nitrogens with one attached hydrogen (secondary N) is 1. The van der Waals surface area contributed by atoms with Gasteiger partial charge in [-0.2, -0.15) is 0 Å². The Morgan fingerprint density at radius 2 is 1.85 bits per heavy atom. The van der Waals surface area contributed by atoms with Gasteiger partial charge in [-0.15, -0.1) is 0 Å². The molecule has 0 amide bonds. The third kappa shape index (κ3) is 3.37. The minimum Gasteiger partial charge on any atom is -0.454 e. The number of fused-ring (bicyclic) bond motifs is 1. The van der Waals surface area contributed by atoms with E-state index in [0.717, 1.165) is 22.9 Å². The van der Waals surface area contributed by atoms with E-state index in [1.165, 1.54) is 42.6 Å². The molecule has 7 heteroatoms. The lowest BCUT2D eigenvalue weighted by Gasteiger charge is -2.28. The quantitative estimate of drug-likeness (QED) is 0.518. The standard InChI is InChI=1S/C26H28N4O2S/c1-16-13-20(17(2)29(16)18-7-3-4-8-18)25-24(21-9-5-6-12-27-21)28-26(33)30(25)19-10-11-22-23(14-19)32-15-31-22/h5-6,9-14,18,24-25H,3-4,7-8,15H2,1-2H3,(H,28,33)/t24-,25+/m1/s1. The third-order valence-corrected chi connectivity index (χ3v) is 7.58. The van der Waals surface area contributed by atoms with E-state index in [1.807, 2.05) is 30.5 Å². The van der Waals surface area contributed by atoms with E-state index in [0.29, 0.717) is 11.2 Å². The van der Waals surface area contributed by atoms with E-state index < -0.39 is 0 Å². The molecule has 170 valence electrons. The van der Waals surface area contributed by atoms with Crippen LogP contribution in [0.5, 0.6) is 11.5 Å². The molecule has 1 saturated heterocycles. The molecule has 2 atom stereocenters. The molecule has 1 saturated carbocycles. The van der Waals surface area contributed by atoms with Crippen LogP contribution in [-0.2, 0) is 0 Å². The van der Waals surface area contributed by atoms with Gasteiger partial charge in [-0.05, 0) is 74.8 Å². The maximum Gasteiger partial charge on any atom is 0.231 e. The number of hydrogen-bond acceptors (Lipinski definition) is 4. The topological polar surface area (TPSA) is 51.6 Å². The molecule has 0 unspecified atom stereocenters. The van der Waals surface area contributed by atoms with Crippen molar-refractivity contribution in [2.75, 3.05) is 11.7 Å². The SMILES string of the molecule is Cc1cc([C@H]2[C@@H](c3ccccn3)NC(=S)N2c2ccc3c(c2)OCO3)c(C)n1C1CCCC1. The van der Waals surface area contributed by atoms with Crippen LogP contribution in [0.25, 0.3) is 0 Å². The smallest absolute Gasteiger partial charge is 0.231 e. The van der Waals surface area contributed by atoms with Crippen LogP contribution >= 0.6 is 12.2 Å². The van der Waals surface area contributed by atoms with E-state index in [2.05, 4.69) is 46.8 Å². The molecule has 6 rings (SSSR count). The fraction of sp³-hybridized carbons (Fsp3) is 0.385. The Morgan fingerprint density at radius 3 is 2.64 bits per heavy atom. The summed E-state index contributed by atoms with van der Waals surface area (Å²) in [6.45, 7) is 4.75. The van der Waals surface area contributed by atoms with Gasteiger partial charge in [0, 0.05) is 35.4 Å². The molecule has 1 aliphatic carbocycles. The van der Waals surface area contributed by atoms with E-state index in [9.17, 15) is 0 Å². The number of ether oxygens (including phenoxy) is 2. The first-order valence-corrected chi connectivity index (χ1v) is 12.1. The van der Waals surface area contributed by atoms with Crippen molar-refractivity contribution in [2.45, 2.75) is 57.7 Å².